The van der Waals surface area contributed by atoms with Crippen LogP contribution in [-0.2, 0) is 23.9 Å². The van der Waals surface area contributed by atoms with Crippen LogP contribution < -0.4 is 5.32 Å². The molecule has 264 valence electrons. The van der Waals surface area contributed by atoms with E-state index in [9.17, 15) is 14.4 Å². The van der Waals surface area contributed by atoms with Crippen LogP contribution in [0.5, 0.6) is 0 Å². The van der Waals surface area contributed by atoms with Gasteiger partial charge in [0.05, 0.1) is 19.3 Å². The molecule has 2 unspecified atom stereocenters. The van der Waals surface area contributed by atoms with Crippen LogP contribution in [0.2, 0.25) is 0 Å². The fourth-order valence-corrected chi connectivity index (χ4v) is 12.5. The van der Waals surface area contributed by atoms with Gasteiger partial charge in [-0.25, -0.2) is 0 Å². The Labute approximate surface area is 283 Å². The summed E-state index contributed by atoms with van der Waals surface area (Å²) in [4.78, 5) is 43.9. The van der Waals surface area contributed by atoms with E-state index in [2.05, 4.69) is 33.0 Å². The predicted molar refractivity (Wildman–Crippen MR) is 180 cm³/mol. The molecule has 0 bridgehead atoms. The van der Waals surface area contributed by atoms with Crippen molar-refractivity contribution in [1.82, 2.24) is 20.0 Å². The lowest BCUT2D eigenvalue weighted by atomic mass is 9.44. The van der Waals surface area contributed by atoms with Crippen molar-refractivity contribution < 1.29 is 23.9 Å². The maximum absolute atomic E-state index is 13.1. The fourth-order valence-electron chi connectivity index (χ4n) is 12.5. The van der Waals surface area contributed by atoms with Gasteiger partial charge >= 0.3 is 0 Å². The first-order chi connectivity index (χ1) is 22.3. The molecular formula is C38H62N4O5. The van der Waals surface area contributed by atoms with Crippen molar-refractivity contribution in [3.63, 3.8) is 0 Å². The third-order valence-corrected chi connectivity index (χ3v) is 15.0. The highest BCUT2D eigenvalue weighted by atomic mass is 16.7. The predicted octanol–water partition coefficient (Wildman–Crippen LogP) is 4.54. The second-order valence-corrected chi connectivity index (χ2v) is 17.9. The Hall–Kier alpha value is -1.71. The van der Waals surface area contributed by atoms with E-state index in [0.717, 1.165) is 43.6 Å². The molecule has 3 saturated heterocycles. The molecule has 0 aromatic rings. The zero-order chi connectivity index (χ0) is 33.3. The number of hydrogen-bond acceptors (Lipinski definition) is 6. The van der Waals surface area contributed by atoms with Crippen molar-refractivity contribution >= 4 is 17.7 Å². The number of carbonyl (C=O) groups is 3. The number of nitrogens with one attached hydrogen (secondary N) is 1. The Morgan fingerprint density at radius 1 is 0.830 bits per heavy atom. The molecule has 0 aromatic heterocycles. The lowest BCUT2D eigenvalue weighted by Gasteiger charge is -2.61. The summed E-state index contributed by atoms with van der Waals surface area (Å²) in [5, 5.41) is 3.28. The molecule has 12 atom stereocenters. The minimum atomic E-state index is -0.342. The van der Waals surface area contributed by atoms with Gasteiger partial charge in [-0.3, -0.25) is 14.4 Å². The minimum Gasteiger partial charge on any atom is -0.353 e. The molecule has 9 nitrogen and oxygen atoms in total. The molecule has 1 N–H and O–H groups in total. The standard InChI is InChI=1S/C38H62N4O5/c1-24-9-14-38(46-23-24)25(2)35-31(47-38)20-30-28-8-7-26-19-27(10-12-36(26,3)29(28)11-13-37(30,35)4)39-32(43)21-33(44)41-15-17-42(18-16-41)34(45)22-40(5)6/h24-31,35H,7-23H2,1-6H3,(H,39,43)/t24-,25+,26-,27?,28-,29?,30+,31+,35+,36+,37+,38-/m1/s1. The molecule has 47 heavy (non-hydrogen) atoms. The number of nitrogens with zero attached hydrogens (tertiary/aromatic N) is 3. The van der Waals surface area contributed by atoms with Gasteiger partial charge in [-0.15, -0.1) is 0 Å². The molecule has 7 aliphatic rings. The average Bonchev–Trinajstić information content (AvgIpc) is 3.48. The van der Waals surface area contributed by atoms with Gasteiger partial charge in [-0.2, -0.15) is 0 Å². The van der Waals surface area contributed by atoms with E-state index in [0.29, 0.717) is 73.3 Å². The van der Waals surface area contributed by atoms with Crippen LogP contribution >= 0.6 is 0 Å². The number of likely N-dealkylation sites (N-methyl/N-ethyl adjacent to an activating group) is 1. The van der Waals surface area contributed by atoms with Crippen LogP contribution in [0.15, 0.2) is 0 Å². The minimum absolute atomic E-state index is 0.0900. The van der Waals surface area contributed by atoms with E-state index in [-0.39, 0.29) is 36.0 Å². The van der Waals surface area contributed by atoms with E-state index in [1.165, 1.54) is 44.9 Å². The molecule has 3 heterocycles. The van der Waals surface area contributed by atoms with Crippen LogP contribution in [-0.4, -0.2) is 104 Å². The maximum Gasteiger partial charge on any atom is 0.236 e. The maximum atomic E-state index is 13.1. The van der Waals surface area contributed by atoms with Gasteiger partial charge in [-0.05, 0) is 118 Å². The van der Waals surface area contributed by atoms with Crippen molar-refractivity contribution in [3.8, 4) is 0 Å². The van der Waals surface area contributed by atoms with E-state index < -0.39 is 0 Å². The van der Waals surface area contributed by atoms with Crippen LogP contribution in [0.3, 0.4) is 0 Å². The van der Waals surface area contributed by atoms with Crippen LogP contribution in [0, 0.1) is 52.3 Å². The van der Waals surface area contributed by atoms with E-state index in [1.54, 1.807) is 4.90 Å². The molecule has 3 amide bonds. The van der Waals surface area contributed by atoms with Crippen molar-refractivity contribution in [1.29, 1.82) is 0 Å². The number of ether oxygens (including phenoxy) is 2. The molecule has 1 spiro atoms. The zero-order valence-electron chi connectivity index (χ0n) is 30.1. The first-order valence-electron chi connectivity index (χ1n) is 19.1. The van der Waals surface area contributed by atoms with E-state index in [1.807, 2.05) is 23.9 Å². The monoisotopic (exact) mass is 654 g/mol. The normalized spacial score (nSPS) is 46.1. The summed E-state index contributed by atoms with van der Waals surface area (Å²) in [7, 11) is 3.77. The number of fused-ring (bicyclic) bond motifs is 7. The summed E-state index contributed by atoms with van der Waals surface area (Å²) in [6, 6.07) is 0.161. The summed E-state index contributed by atoms with van der Waals surface area (Å²) in [6.07, 6.45) is 12.1. The van der Waals surface area contributed by atoms with E-state index >= 15 is 0 Å². The van der Waals surface area contributed by atoms with Gasteiger partial charge in [-0.1, -0.05) is 27.7 Å². The molecule has 4 aliphatic carbocycles. The highest BCUT2D eigenvalue weighted by Gasteiger charge is 2.69. The molecule has 0 radical (unpaired) electrons. The van der Waals surface area contributed by atoms with Gasteiger partial charge in [0.25, 0.3) is 0 Å². The fraction of sp³-hybridized carbons (Fsp3) is 0.921. The molecule has 4 saturated carbocycles. The summed E-state index contributed by atoms with van der Waals surface area (Å²) in [5.41, 5.74) is 0.676. The van der Waals surface area contributed by atoms with Gasteiger partial charge in [0, 0.05) is 44.6 Å². The second-order valence-electron chi connectivity index (χ2n) is 17.9. The Morgan fingerprint density at radius 2 is 1.53 bits per heavy atom. The first-order valence-corrected chi connectivity index (χ1v) is 19.1. The van der Waals surface area contributed by atoms with Crippen LogP contribution in [0.1, 0.15) is 98.3 Å². The van der Waals surface area contributed by atoms with Crippen molar-refractivity contribution in [2.75, 3.05) is 53.4 Å². The molecule has 3 aliphatic heterocycles. The van der Waals surface area contributed by atoms with Crippen molar-refractivity contribution in [2.24, 2.45) is 52.3 Å². The lowest BCUT2D eigenvalue weighted by Crippen LogP contribution is -2.56. The SMILES string of the molecule is C[C@@H]1CC[C@@]2(OC1)O[C@H]1C[C@H]3[C@@H]4CC[C@@H]5CC(NC(=O)CC(=O)N6CCN(C(=O)CN(C)C)CC6)CC[C@]5(C)C4CC[C@]3(C)[C@H]1[C@@H]2C. The van der Waals surface area contributed by atoms with E-state index in [4.69, 9.17) is 9.47 Å². The number of carbonyl (C=O) groups excluding carboxylic acids is 3. The molecule has 7 fully saturated rings. The van der Waals surface area contributed by atoms with Crippen molar-refractivity contribution in [2.45, 2.75) is 116 Å². The van der Waals surface area contributed by atoms with Crippen molar-refractivity contribution in [3.05, 3.63) is 0 Å². The second kappa shape index (κ2) is 12.6. The average molecular weight is 655 g/mol. The van der Waals surface area contributed by atoms with Gasteiger partial charge in [0.15, 0.2) is 5.79 Å². The van der Waals surface area contributed by atoms with Crippen LogP contribution in [0.4, 0.5) is 0 Å². The van der Waals surface area contributed by atoms with Crippen LogP contribution in [0.25, 0.3) is 0 Å². The Morgan fingerprint density at radius 3 is 2.21 bits per heavy atom. The highest BCUT2D eigenvalue weighted by Crippen LogP contribution is 2.71. The lowest BCUT2D eigenvalue weighted by molar-refractivity contribution is -0.273. The summed E-state index contributed by atoms with van der Waals surface area (Å²) >= 11 is 0. The molecular weight excluding hydrogens is 592 g/mol. The zero-order valence-corrected chi connectivity index (χ0v) is 30.1. The Balaban J connectivity index is 0.916. The summed E-state index contributed by atoms with van der Waals surface area (Å²) in [5.74, 6) is 4.11. The molecule has 0 aromatic carbocycles. The summed E-state index contributed by atoms with van der Waals surface area (Å²) in [6.45, 7) is 13.2. The number of piperazine rings is 1. The highest BCUT2D eigenvalue weighted by molar-refractivity contribution is 5.97. The summed E-state index contributed by atoms with van der Waals surface area (Å²) < 4.78 is 13.5. The quantitative estimate of drug-likeness (QED) is 0.438. The third kappa shape index (κ3) is 5.86. The van der Waals surface area contributed by atoms with Gasteiger partial charge in [0.1, 0.15) is 6.42 Å². The Bertz CT molecular complexity index is 1210. The smallest absolute Gasteiger partial charge is 0.236 e. The number of amides is 3. The number of hydrogen-bond donors (Lipinski definition) is 1. The topological polar surface area (TPSA) is 91.4 Å². The Kier molecular flexibility index (Phi) is 9.03. The third-order valence-electron chi connectivity index (χ3n) is 15.0. The molecule has 9 heteroatoms. The van der Waals surface area contributed by atoms with Gasteiger partial charge in [0.2, 0.25) is 17.7 Å². The first kappa shape index (κ1) is 33.8. The molecule has 7 rings (SSSR count). The number of rotatable bonds is 5. The largest absolute Gasteiger partial charge is 0.353 e. The van der Waals surface area contributed by atoms with Gasteiger partial charge < -0.3 is 29.5 Å².